The lowest BCUT2D eigenvalue weighted by Gasteiger charge is -2.29. The minimum atomic E-state index is 0.487. The second-order valence-corrected chi connectivity index (χ2v) is 5.28. The Morgan fingerprint density at radius 3 is 2.44 bits per heavy atom. The number of anilines is 2. The summed E-state index contributed by atoms with van der Waals surface area (Å²) in [5, 5.41) is 0. The molecule has 1 aromatic carbocycles. The first-order chi connectivity index (χ1) is 8.43. The maximum atomic E-state index is 5.92. The molecule has 0 amide bonds. The van der Waals surface area contributed by atoms with E-state index in [0.717, 1.165) is 23.5 Å². The second kappa shape index (κ2) is 6.53. The third kappa shape index (κ3) is 4.13. The Morgan fingerprint density at radius 1 is 1.22 bits per heavy atom. The van der Waals surface area contributed by atoms with Gasteiger partial charge in [-0.05, 0) is 32.3 Å². The van der Waals surface area contributed by atoms with Crippen molar-refractivity contribution in [1.82, 2.24) is 0 Å². The fourth-order valence-corrected chi connectivity index (χ4v) is 2.15. The zero-order chi connectivity index (χ0) is 13.7. The Hall–Kier alpha value is -1.38. The highest BCUT2D eigenvalue weighted by Gasteiger charge is 2.13. The van der Waals surface area contributed by atoms with Crippen LogP contribution in [-0.4, -0.2) is 19.7 Å². The topological polar surface area (TPSA) is 38.5 Å². The molecule has 1 rings (SSSR count). The number of hydrogen-bond acceptors (Lipinski definition) is 3. The first-order valence-electron chi connectivity index (χ1n) is 6.70. The van der Waals surface area contributed by atoms with Gasteiger partial charge in [0, 0.05) is 36.6 Å². The van der Waals surface area contributed by atoms with Crippen molar-refractivity contribution < 1.29 is 4.74 Å². The number of ether oxygens (including phenoxy) is 1. The van der Waals surface area contributed by atoms with Crippen LogP contribution in [0.15, 0.2) is 18.2 Å². The van der Waals surface area contributed by atoms with Gasteiger partial charge in [0.15, 0.2) is 0 Å². The molecule has 3 heteroatoms. The van der Waals surface area contributed by atoms with Crippen molar-refractivity contribution >= 4 is 11.4 Å². The molecule has 0 radical (unpaired) electrons. The average molecular weight is 250 g/mol. The van der Waals surface area contributed by atoms with Crippen molar-refractivity contribution in [1.29, 1.82) is 0 Å². The van der Waals surface area contributed by atoms with E-state index in [0.29, 0.717) is 18.6 Å². The maximum Gasteiger partial charge on any atom is 0.123 e. The molecule has 0 aliphatic carbocycles. The van der Waals surface area contributed by atoms with Crippen LogP contribution in [0.3, 0.4) is 0 Å². The molecule has 0 aliphatic heterocycles. The van der Waals surface area contributed by atoms with Crippen LogP contribution in [0.4, 0.5) is 11.4 Å². The molecule has 1 aromatic rings. The van der Waals surface area contributed by atoms with Crippen LogP contribution >= 0.6 is 0 Å². The Labute approximate surface area is 111 Å². The van der Waals surface area contributed by atoms with E-state index in [2.05, 4.69) is 38.8 Å². The highest BCUT2D eigenvalue weighted by atomic mass is 16.5. The second-order valence-electron chi connectivity index (χ2n) is 5.28. The van der Waals surface area contributed by atoms with Gasteiger partial charge in [-0.1, -0.05) is 13.8 Å². The van der Waals surface area contributed by atoms with Crippen molar-refractivity contribution in [2.45, 2.75) is 40.2 Å². The number of hydrogen-bond donors (Lipinski definition) is 1. The van der Waals surface area contributed by atoms with E-state index in [-0.39, 0.29) is 0 Å². The summed E-state index contributed by atoms with van der Waals surface area (Å²) in [6.45, 7) is 9.37. The van der Waals surface area contributed by atoms with E-state index in [4.69, 9.17) is 10.5 Å². The molecule has 2 N–H and O–H groups in total. The van der Waals surface area contributed by atoms with Crippen molar-refractivity contribution in [2.75, 3.05) is 24.3 Å². The predicted octanol–water partition coefficient (Wildman–Crippen LogP) is 3.54. The number of benzene rings is 1. The summed E-state index contributed by atoms with van der Waals surface area (Å²) in [4.78, 5) is 2.26. The van der Waals surface area contributed by atoms with Crippen LogP contribution in [0.1, 0.15) is 34.1 Å². The van der Waals surface area contributed by atoms with Gasteiger partial charge in [0.2, 0.25) is 0 Å². The summed E-state index contributed by atoms with van der Waals surface area (Å²) < 4.78 is 5.53. The van der Waals surface area contributed by atoms with E-state index < -0.39 is 0 Å². The molecular weight excluding hydrogens is 224 g/mol. The molecule has 102 valence electrons. The van der Waals surface area contributed by atoms with Crippen LogP contribution in [-0.2, 0) is 0 Å². The van der Waals surface area contributed by atoms with E-state index in [1.54, 1.807) is 0 Å². The van der Waals surface area contributed by atoms with E-state index in [9.17, 15) is 0 Å². The maximum absolute atomic E-state index is 5.92. The summed E-state index contributed by atoms with van der Waals surface area (Å²) in [6.07, 6.45) is 1.16. The van der Waals surface area contributed by atoms with E-state index in [1.165, 1.54) is 0 Å². The minimum absolute atomic E-state index is 0.487. The van der Waals surface area contributed by atoms with Crippen molar-refractivity contribution in [2.24, 2.45) is 5.92 Å². The van der Waals surface area contributed by atoms with Gasteiger partial charge in [-0.15, -0.1) is 0 Å². The molecule has 0 heterocycles. The smallest absolute Gasteiger partial charge is 0.123 e. The first kappa shape index (κ1) is 14.7. The zero-order valence-corrected chi connectivity index (χ0v) is 12.2. The molecule has 1 unspecified atom stereocenters. The summed E-state index contributed by atoms with van der Waals surface area (Å²) in [5.74, 6) is 1.53. The molecule has 0 spiro atoms. The predicted molar refractivity (Wildman–Crippen MR) is 79.3 cm³/mol. The van der Waals surface area contributed by atoms with Crippen molar-refractivity contribution in [3.05, 3.63) is 18.2 Å². The van der Waals surface area contributed by atoms with Gasteiger partial charge < -0.3 is 15.4 Å². The summed E-state index contributed by atoms with van der Waals surface area (Å²) in [5.41, 5.74) is 7.79. The van der Waals surface area contributed by atoms with Gasteiger partial charge in [-0.2, -0.15) is 0 Å². The standard InChI is InChI=1S/C15H26N2O/c1-6-18-15-9-13(16)8-14(10-15)17(5)12(4)7-11(2)3/h8-12H,6-7,16H2,1-5H3. The average Bonchev–Trinajstić information content (AvgIpc) is 2.26. The lowest BCUT2D eigenvalue weighted by molar-refractivity contribution is 0.340. The normalized spacial score (nSPS) is 12.6. The number of nitrogen functional groups attached to an aromatic ring is 1. The van der Waals surface area contributed by atoms with Crippen LogP contribution < -0.4 is 15.4 Å². The zero-order valence-electron chi connectivity index (χ0n) is 12.2. The summed E-state index contributed by atoms with van der Waals surface area (Å²) in [6, 6.07) is 6.41. The summed E-state index contributed by atoms with van der Waals surface area (Å²) >= 11 is 0. The molecular formula is C15H26N2O. The van der Waals surface area contributed by atoms with Gasteiger partial charge in [0.25, 0.3) is 0 Å². The molecule has 0 aromatic heterocycles. The van der Waals surface area contributed by atoms with Crippen molar-refractivity contribution in [3.63, 3.8) is 0 Å². The van der Waals surface area contributed by atoms with E-state index in [1.807, 2.05) is 19.1 Å². The lowest BCUT2D eigenvalue weighted by Crippen LogP contribution is -2.30. The molecule has 3 nitrogen and oxygen atoms in total. The highest BCUT2D eigenvalue weighted by Crippen LogP contribution is 2.27. The Morgan fingerprint density at radius 2 is 1.89 bits per heavy atom. The fourth-order valence-electron chi connectivity index (χ4n) is 2.15. The SMILES string of the molecule is CCOc1cc(N)cc(N(C)C(C)CC(C)C)c1. The monoisotopic (exact) mass is 250 g/mol. The molecule has 0 saturated carbocycles. The van der Waals surface area contributed by atoms with Gasteiger partial charge in [0.1, 0.15) is 5.75 Å². The molecule has 18 heavy (non-hydrogen) atoms. The Bertz CT molecular complexity index is 377. The quantitative estimate of drug-likeness (QED) is 0.785. The number of nitrogens with two attached hydrogens (primary N) is 1. The number of rotatable bonds is 6. The number of nitrogens with zero attached hydrogens (tertiary/aromatic N) is 1. The molecule has 0 fully saturated rings. The molecule has 0 saturated heterocycles. The van der Waals surface area contributed by atoms with Gasteiger partial charge in [-0.25, -0.2) is 0 Å². The third-order valence-corrected chi connectivity index (χ3v) is 3.11. The largest absolute Gasteiger partial charge is 0.494 e. The lowest BCUT2D eigenvalue weighted by atomic mass is 10.0. The molecule has 0 bridgehead atoms. The van der Waals surface area contributed by atoms with Crippen molar-refractivity contribution in [3.8, 4) is 5.75 Å². The van der Waals surface area contributed by atoms with Crippen LogP contribution in [0.5, 0.6) is 5.75 Å². The highest BCUT2D eigenvalue weighted by molar-refractivity contribution is 5.60. The van der Waals surface area contributed by atoms with Gasteiger partial charge in [-0.3, -0.25) is 0 Å². The van der Waals surface area contributed by atoms with Crippen LogP contribution in [0.2, 0.25) is 0 Å². The van der Waals surface area contributed by atoms with E-state index >= 15 is 0 Å². The molecule has 1 atom stereocenters. The fraction of sp³-hybridized carbons (Fsp3) is 0.600. The van der Waals surface area contributed by atoms with Crippen LogP contribution in [0.25, 0.3) is 0 Å². The molecule has 0 aliphatic rings. The van der Waals surface area contributed by atoms with Gasteiger partial charge in [0.05, 0.1) is 6.61 Å². The summed E-state index contributed by atoms with van der Waals surface area (Å²) in [7, 11) is 2.11. The Kier molecular flexibility index (Phi) is 5.32. The van der Waals surface area contributed by atoms with Crippen LogP contribution in [0, 0.1) is 5.92 Å². The Balaban J connectivity index is 2.87. The third-order valence-electron chi connectivity index (χ3n) is 3.11. The first-order valence-corrected chi connectivity index (χ1v) is 6.70. The minimum Gasteiger partial charge on any atom is -0.494 e. The van der Waals surface area contributed by atoms with Gasteiger partial charge >= 0.3 is 0 Å².